The molecule has 4 heterocycles. The van der Waals surface area contributed by atoms with Crippen molar-refractivity contribution in [2.45, 2.75) is 0 Å². The Morgan fingerprint density at radius 3 is 0.912 bits per heavy atom. The molecule has 0 saturated carbocycles. The molecule has 68 heavy (non-hydrogen) atoms. The minimum Gasteiger partial charge on any atom is -0.456 e. The molecule has 0 N–H and O–H groups in total. The maximum Gasteiger partial charge on any atom is 0.160 e. The summed E-state index contributed by atoms with van der Waals surface area (Å²) >= 11 is 0. The summed E-state index contributed by atoms with van der Waals surface area (Å²) in [5, 5.41) is 4.09. The van der Waals surface area contributed by atoms with Crippen molar-refractivity contribution in [2.75, 3.05) is 0 Å². The third-order valence-corrected chi connectivity index (χ3v) is 12.7. The van der Waals surface area contributed by atoms with Gasteiger partial charge in [-0.1, -0.05) is 170 Å². The highest BCUT2D eigenvalue weighted by Gasteiger charge is 2.17. The molecule has 13 aromatic rings. The lowest BCUT2D eigenvalue weighted by Gasteiger charge is -2.10. The second kappa shape index (κ2) is 16.3. The molecule has 6 nitrogen and oxygen atoms in total. The lowest BCUT2D eigenvalue weighted by molar-refractivity contribution is 0.664. The zero-order valence-electron chi connectivity index (χ0n) is 36.5. The first-order valence-corrected chi connectivity index (χ1v) is 22.7. The van der Waals surface area contributed by atoms with Crippen LogP contribution in [0.15, 0.2) is 239 Å². The molecule has 0 saturated heterocycles. The fourth-order valence-corrected chi connectivity index (χ4v) is 9.26. The van der Waals surface area contributed by atoms with Gasteiger partial charge in [0, 0.05) is 54.9 Å². The van der Waals surface area contributed by atoms with Gasteiger partial charge >= 0.3 is 0 Å². The van der Waals surface area contributed by atoms with E-state index < -0.39 is 0 Å². The largest absolute Gasteiger partial charge is 0.456 e. The summed E-state index contributed by atoms with van der Waals surface area (Å²) < 4.78 is 13.3. The fraction of sp³-hybridized carbons (Fsp3) is 0. The predicted octanol–water partition coefficient (Wildman–Crippen LogP) is 16.4. The number of hydrogen-bond donors (Lipinski definition) is 0. The molecular weight excluding hydrogens is 833 g/mol. The minimum absolute atomic E-state index is 0.690. The summed E-state index contributed by atoms with van der Waals surface area (Å²) in [7, 11) is 0. The highest BCUT2D eigenvalue weighted by Crippen LogP contribution is 2.40. The van der Waals surface area contributed by atoms with Gasteiger partial charge in [0.2, 0.25) is 0 Å². The molecule has 6 heteroatoms. The maximum absolute atomic E-state index is 6.63. The van der Waals surface area contributed by atoms with E-state index in [1.54, 1.807) is 0 Å². The summed E-state index contributed by atoms with van der Waals surface area (Å²) in [5.74, 6) is 1.38. The normalized spacial score (nSPS) is 11.5. The topological polar surface area (TPSA) is 77.8 Å². The Labute approximate surface area is 391 Å². The number of hydrogen-bond acceptors (Lipinski definition) is 6. The summed E-state index contributed by atoms with van der Waals surface area (Å²) in [6.07, 6.45) is 0. The van der Waals surface area contributed by atoms with E-state index in [-0.39, 0.29) is 0 Å². The van der Waals surface area contributed by atoms with Gasteiger partial charge in [-0.15, -0.1) is 0 Å². The van der Waals surface area contributed by atoms with E-state index >= 15 is 0 Å². The van der Waals surface area contributed by atoms with Crippen molar-refractivity contribution in [2.24, 2.45) is 0 Å². The van der Waals surface area contributed by atoms with Crippen LogP contribution in [0, 0.1) is 0 Å². The number of aromatic nitrogens is 4. The molecule has 0 amide bonds. The van der Waals surface area contributed by atoms with Crippen molar-refractivity contribution in [3.63, 3.8) is 0 Å². The summed E-state index contributed by atoms with van der Waals surface area (Å²) in [4.78, 5) is 20.1. The number of nitrogens with zero attached hydrogens (tertiary/aromatic N) is 4. The summed E-state index contributed by atoms with van der Waals surface area (Å²) in [6.45, 7) is 0. The molecule has 4 aromatic heterocycles. The van der Waals surface area contributed by atoms with Crippen LogP contribution < -0.4 is 0 Å². The molecule has 0 fully saturated rings. The van der Waals surface area contributed by atoms with Gasteiger partial charge in [-0.2, -0.15) is 0 Å². The first kappa shape index (κ1) is 39.1. The SMILES string of the molecule is c1ccc(-c2cc(-c3cccc(-c4ccc5c(c4)oc4cc6c(cc45)oc4cc(-c5cccc(-c7cc(-c8ccccc8)nc(-c8ccccc8)n7)c5)ccc46)c3)nc(-c3ccccc3)n2)cc1. The Kier molecular flexibility index (Phi) is 9.39. The van der Waals surface area contributed by atoms with Crippen LogP contribution in [0.1, 0.15) is 0 Å². The molecular formula is C62H38N4O2. The van der Waals surface area contributed by atoms with Crippen LogP contribution in [-0.4, -0.2) is 19.9 Å². The third kappa shape index (κ3) is 7.18. The number of rotatable bonds is 8. The Bertz CT molecular complexity index is 3630. The standard InChI is InChI=1S/C62H38N4O2/c1-5-15-39(16-6-1)53-37-55(65-61(63-53)41-19-9-3-10-20-41)47-25-13-23-43(31-47)45-27-29-49-51-35-60-52(36-59(51)67-57(49)33-45)50-30-28-46(34-58(50)68-60)44-24-14-26-48(32-44)56-38-54(40-17-7-2-8-18-40)64-62(66-56)42-21-11-4-12-22-42/h1-38H. The molecule has 0 aliphatic rings. The number of fused-ring (bicyclic) bond motifs is 6. The van der Waals surface area contributed by atoms with Gasteiger partial charge in [0.25, 0.3) is 0 Å². The molecule has 0 atom stereocenters. The molecule has 13 rings (SSSR count). The van der Waals surface area contributed by atoms with Crippen molar-refractivity contribution in [3.05, 3.63) is 231 Å². The molecule has 0 aliphatic heterocycles. The average molecular weight is 871 g/mol. The number of furan rings is 2. The van der Waals surface area contributed by atoms with Crippen LogP contribution in [0.4, 0.5) is 0 Å². The average Bonchev–Trinajstić information content (AvgIpc) is 3.97. The zero-order valence-corrected chi connectivity index (χ0v) is 36.5. The second-order valence-corrected chi connectivity index (χ2v) is 17.0. The van der Waals surface area contributed by atoms with E-state index in [1.165, 1.54) is 0 Å². The van der Waals surface area contributed by atoms with E-state index in [9.17, 15) is 0 Å². The summed E-state index contributed by atoms with van der Waals surface area (Å²) in [5.41, 5.74) is 17.0. The third-order valence-electron chi connectivity index (χ3n) is 12.7. The molecule has 318 valence electrons. The Hall–Kier alpha value is -9.26. The fourth-order valence-electron chi connectivity index (χ4n) is 9.26. The van der Waals surface area contributed by atoms with Crippen LogP contribution in [0.3, 0.4) is 0 Å². The van der Waals surface area contributed by atoms with Crippen molar-refractivity contribution in [3.8, 4) is 90.1 Å². The Balaban J connectivity index is 0.827. The monoisotopic (exact) mass is 870 g/mol. The van der Waals surface area contributed by atoms with Crippen LogP contribution >= 0.6 is 0 Å². The van der Waals surface area contributed by atoms with Gasteiger partial charge in [-0.05, 0) is 82.9 Å². The van der Waals surface area contributed by atoms with Crippen molar-refractivity contribution < 1.29 is 8.83 Å². The maximum atomic E-state index is 6.63. The Morgan fingerprint density at radius 1 is 0.206 bits per heavy atom. The molecule has 0 unspecified atom stereocenters. The van der Waals surface area contributed by atoms with E-state index in [0.717, 1.165) is 122 Å². The smallest absolute Gasteiger partial charge is 0.160 e. The van der Waals surface area contributed by atoms with Crippen molar-refractivity contribution in [1.29, 1.82) is 0 Å². The molecule has 0 radical (unpaired) electrons. The zero-order chi connectivity index (χ0) is 45.0. The van der Waals surface area contributed by atoms with Gasteiger partial charge in [0.15, 0.2) is 11.6 Å². The Morgan fingerprint density at radius 2 is 0.515 bits per heavy atom. The van der Waals surface area contributed by atoms with Gasteiger partial charge in [0.05, 0.1) is 22.8 Å². The van der Waals surface area contributed by atoms with Crippen LogP contribution in [0.25, 0.3) is 134 Å². The van der Waals surface area contributed by atoms with Gasteiger partial charge in [0.1, 0.15) is 22.3 Å². The first-order chi connectivity index (χ1) is 33.6. The first-order valence-electron chi connectivity index (χ1n) is 22.7. The van der Waals surface area contributed by atoms with Crippen molar-refractivity contribution >= 4 is 43.9 Å². The molecule has 0 spiro atoms. The molecule has 9 aromatic carbocycles. The van der Waals surface area contributed by atoms with Gasteiger partial charge in [-0.3, -0.25) is 0 Å². The molecule has 0 bridgehead atoms. The highest BCUT2D eigenvalue weighted by atomic mass is 16.3. The second-order valence-electron chi connectivity index (χ2n) is 17.0. The van der Waals surface area contributed by atoms with E-state index in [2.05, 4.69) is 133 Å². The lowest BCUT2D eigenvalue weighted by Crippen LogP contribution is -1.96. The number of benzene rings is 9. The predicted molar refractivity (Wildman–Crippen MR) is 276 cm³/mol. The summed E-state index contributed by atoms with van der Waals surface area (Å²) in [6, 6.07) is 79.1. The van der Waals surface area contributed by atoms with Crippen molar-refractivity contribution in [1.82, 2.24) is 19.9 Å². The van der Waals surface area contributed by atoms with Crippen LogP contribution in [-0.2, 0) is 0 Å². The van der Waals surface area contributed by atoms with E-state index in [4.69, 9.17) is 28.8 Å². The van der Waals surface area contributed by atoms with Crippen LogP contribution in [0.2, 0.25) is 0 Å². The van der Waals surface area contributed by atoms with Gasteiger partial charge in [-0.25, -0.2) is 19.9 Å². The minimum atomic E-state index is 0.690. The van der Waals surface area contributed by atoms with E-state index in [0.29, 0.717) is 11.6 Å². The molecule has 0 aliphatic carbocycles. The van der Waals surface area contributed by atoms with Gasteiger partial charge < -0.3 is 8.83 Å². The quantitative estimate of drug-likeness (QED) is 0.151. The lowest BCUT2D eigenvalue weighted by atomic mass is 9.99. The van der Waals surface area contributed by atoms with E-state index in [1.807, 2.05) is 97.1 Å². The van der Waals surface area contributed by atoms with Crippen LogP contribution in [0.5, 0.6) is 0 Å². The highest BCUT2D eigenvalue weighted by molar-refractivity contribution is 6.15.